The highest BCUT2D eigenvalue weighted by Gasteiger charge is 1.99. The van der Waals surface area contributed by atoms with Gasteiger partial charge in [0.2, 0.25) is 0 Å². The highest BCUT2D eigenvalue weighted by Crippen LogP contribution is 2.04. The Kier molecular flexibility index (Phi) is 3.22. The zero-order valence-electron chi connectivity index (χ0n) is 6.13. The lowest BCUT2D eigenvalue weighted by atomic mass is 10.5. The van der Waals surface area contributed by atoms with Gasteiger partial charge in [0.05, 0.1) is 12.9 Å². The van der Waals surface area contributed by atoms with E-state index in [0.717, 1.165) is 4.48 Å². The van der Waals surface area contributed by atoms with Crippen molar-refractivity contribution in [2.24, 2.45) is 0 Å². The van der Waals surface area contributed by atoms with Gasteiger partial charge in [-0.2, -0.15) is 0 Å². The zero-order valence-corrected chi connectivity index (χ0v) is 9.30. The van der Waals surface area contributed by atoms with Gasteiger partial charge in [-0.05, 0) is 15.9 Å². The van der Waals surface area contributed by atoms with Crippen LogP contribution in [0.15, 0.2) is 32.9 Å². The average molecular weight is 294 g/mol. The van der Waals surface area contributed by atoms with Crippen LogP contribution in [-0.2, 0) is 6.54 Å². The zero-order chi connectivity index (χ0) is 9.14. The molecule has 5 heteroatoms. The summed E-state index contributed by atoms with van der Waals surface area (Å²) in [6.45, 7) is 4.07. The fraction of sp³-hybridized carbons (Fsp3) is 0.143. The van der Waals surface area contributed by atoms with E-state index in [0.29, 0.717) is 11.0 Å². The SMILES string of the molecule is C=C(Br)Cn1cncc(Br)c1=O. The minimum Gasteiger partial charge on any atom is -0.293 e. The van der Waals surface area contributed by atoms with Crippen molar-refractivity contribution in [3.63, 3.8) is 0 Å². The molecule has 64 valence electrons. The molecule has 0 bridgehead atoms. The van der Waals surface area contributed by atoms with E-state index in [1.165, 1.54) is 17.1 Å². The molecule has 1 heterocycles. The van der Waals surface area contributed by atoms with Crippen LogP contribution in [0.5, 0.6) is 0 Å². The monoisotopic (exact) mass is 292 g/mol. The molecule has 0 aliphatic carbocycles. The molecule has 0 amide bonds. The second-order valence-electron chi connectivity index (χ2n) is 2.19. The van der Waals surface area contributed by atoms with Gasteiger partial charge in [0, 0.05) is 10.7 Å². The predicted octanol–water partition coefficient (Wildman–Crippen LogP) is 1.91. The van der Waals surface area contributed by atoms with Gasteiger partial charge in [0.1, 0.15) is 4.47 Å². The van der Waals surface area contributed by atoms with Crippen LogP contribution in [0.4, 0.5) is 0 Å². The van der Waals surface area contributed by atoms with Crippen molar-refractivity contribution in [3.8, 4) is 0 Å². The lowest BCUT2D eigenvalue weighted by molar-refractivity contribution is 0.744. The summed E-state index contributed by atoms with van der Waals surface area (Å²) in [4.78, 5) is 15.2. The quantitative estimate of drug-likeness (QED) is 0.835. The Balaban J connectivity index is 3.09. The number of hydrogen-bond acceptors (Lipinski definition) is 2. The van der Waals surface area contributed by atoms with Gasteiger partial charge in [0.15, 0.2) is 0 Å². The number of hydrogen-bond donors (Lipinski definition) is 0. The third-order valence-electron chi connectivity index (χ3n) is 1.20. The molecule has 3 nitrogen and oxygen atoms in total. The maximum atomic E-state index is 11.3. The maximum Gasteiger partial charge on any atom is 0.267 e. The third-order valence-corrected chi connectivity index (χ3v) is 2.00. The summed E-state index contributed by atoms with van der Waals surface area (Å²) in [5.74, 6) is 0. The summed E-state index contributed by atoms with van der Waals surface area (Å²) in [7, 11) is 0. The highest BCUT2D eigenvalue weighted by molar-refractivity contribution is 9.11. The molecule has 0 saturated carbocycles. The molecule has 1 rings (SSSR count). The summed E-state index contributed by atoms with van der Waals surface area (Å²) in [5.41, 5.74) is -0.106. The highest BCUT2D eigenvalue weighted by atomic mass is 79.9. The van der Waals surface area contributed by atoms with Gasteiger partial charge < -0.3 is 0 Å². The largest absolute Gasteiger partial charge is 0.293 e. The lowest BCUT2D eigenvalue weighted by Crippen LogP contribution is -2.20. The Bertz CT molecular complexity index is 359. The Morgan fingerprint density at radius 1 is 1.75 bits per heavy atom. The van der Waals surface area contributed by atoms with Gasteiger partial charge >= 0.3 is 0 Å². The summed E-state index contributed by atoms with van der Waals surface area (Å²) in [5, 5.41) is 0. The number of allylic oxidation sites excluding steroid dienone is 1. The molecule has 0 N–H and O–H groups in total. The second kappa shape index (κ2) is 4.00. The first-order valence-electron chi connectivity index (χ1n) is 3.14. The van der Waals surface area contributed by atoms with Gasteiger partial charge in [-0.3, -0.25) is 9.36 Å². The van der Waals surface area contributed by atoms with Crippen molar-refractivity contribution < 1.29 is 0 Å². The van der Waals surface area contributed by atoms with E-state index in [1.807, 2.05) is 0 Å². The Morgan fingerprint density at radius 2 is 2.42 bits per heavy atom. The molecule has 0 unspecified atom stereocenters. The predicted molar refractivity (Wildman–Crippen MR) is 54.3 cm³/mol. The normalized spacial score (nSPS) is 9.83. The summed E-state index contributed by atoms with van der Waals surface area (Å²) in [6.07, 6.45) is 2.94. The van der Waals surface area contributed by atoms with Crippen molar-refractivity contribution in [1.82, 2.24) is 9.55 Å². The fourth-order valence-electron chi connectivity index (χ4n) is 0.722. The summed E-state index contributed by atoms with van der Waals surface area (Å²) < 4.78 is 2.66. The number of halogens is 2. The maximum absolute atomic E-state index is 11.3. The van der Waals surface area contributed by atoms with Crippen LogP contribution in [0.3, 0.4) is 0 Å². The van der Waals surface area contributed by atoms with Crippen molar-refractivity contribution >= 4 is 31.9 Å². The van der Waals surface area contributed by atoms with Gasteiger partial charge in [-0.1, -0.05) is 22.5 Å². The molecular weight excluding hydrogens is 288 g/mol. The molecule has 1 aromatic rings. The van der Waals surface area contributed by atoms with Gasteiger partial charge in [-0.25, -0.2) is 4.98 Å². The number of rotatable bonds is 2. The van der Waals surface area contributed by atoms with Crippen LogP contribution < -0.4 is 5.56 Å². The Morgan fingerprint density at radius 3 is 3.00 bits per heavy atom. The molecule has 0 saturated heterocycles. The van der Waals surface area contributed by atoms with E-state index in [4.69, 9.17) is 0 Å². The molecule has 0 fully saturated rings. The molecule has 0 aromatic carbocycles. The first kappa shape index (κ1) is 9.67. The van der Waals surface area contributed by atoms with E-state index in [2.05, 4.69) is 43.4 Å². The number of aromatic nitrogens is 2. The molecular formula is C7H6Br2N2O. The third kappa shape index (κ3) is 2.28. The topological polar surface area (TPSA) is 34.9 Å². The van der Waals surface area contributed by atoms with E-state index < -0.39 is 0 Å². The van der Waals surface area contributed by atoms with E-state index in [9.17, 15) is 4.79 Å². The molecule has 0 aliphatic heterocycles. The Hall–Kier alpha value is -0.420. The fourth-order valence-corrected chi connectivity index (χ4v) is 1.34. The second-order valence-corrected chi connectivity index (χ2v) is 4.17. The van der Waals surface area contributed by atoms with Crippen molar-refractivity contribution in [3.05, 3.63) is 38.4 Å². The van der Waals surface area contributed by atoms with Crippen LogP contribution in [0, 0.1) is 0 Å². The van der Waals surface area contributed by atoms with Crippen molar-refractivity contribution in [1.29, 1.82) is 0 Å². The van der Waals surface area contributed by atoms with E-state index in [1.54, 1.807) is 0 Å². The minimum absolute atomic E-state index is 0.106. The summed E-state index contributed by atoms with van der Waals surface area (Å²) >= 11 is 6.27. The van der Waals surface area contributed by atoms with Crippen LogP contribution in [0.25, 0.3) is 0 Å². The molecule has 0 atom stereocenters. The van der Waals surface area contributed by atoms with Crippen LogP contribution in [-0.4, -0.2) is 9.55 Å². The minimum atomic E-state index is -0.106. The molecule has 1 aromatic heterocycles. The molecule has 0 radical (unpaired) electrons. The van der Waals surface area contributed by atoms with E-state index in [-0.39, 0.29) is 5.56 Å². The lowest BCUT2D eigenvalue weighted by Gasteiger charge is -2.02. The molecule has 0 aliphatic rings. The first-order chi connectivity index (χ1) is 5.61. The standard InChI is InChI=1S/C7H6Br2N2O/c1-5(8)3-11-4-10-2-6(9)7(11)12/h2,4H,1,3H2. The molecule has 12 heavy (non-hydrogen) atoms. The first-order valence-corrected chi connectivity index (χ1v) is 4.73. The van der Waals surface area contributed by atoms with E-state index >= 15 is 0 Å². The Labute approximate surface area is 86.4 Å². The van der Waals surface area contributed by atoms with Gasteiger partial charge in [0.25, 0.3) is 5.56 Å². The van der Waals surface area contributed by atoms with Crippen molar-refractivity contribution in [2.45, 2.75) is 6.54 Å². The smallest absolute Gasteiger partial charge is 0.267 e. The molecule has 0 spiro atoms. The van der Waals surface area contributed by atoms with Crippen molar-refractivity contribution in [2.75, 3.05) is 0 Å². The number of nitrogens with zero attached hydrogens (tertiary/aromatic N) is 2. The van der Waals surface area contributed by atoms with Crippen LogP contribution >= 0.6 is 31.9 Å². The van der Waals surface area contributed by atoms with Gasteiger partial charge in [-0.15, -0.1) is 0 Å². The van der Waals surface area contributed by atoms with Crippen LogP contribution in [0.1, 0.15) is 0 Å². The van der Waals surface area contributed by atoms with Crippen LogP contribution in [0.2, 0.25) is 0 Å². The summed E-state index contributed by atoms with van der Waals surface area (Å²) in [6, 6.07) is 0. The average Bonchev–Trinajstić information content (AvgIpc) is 1.98.